The predicted molar refractivity (Wildman–Crippen MR) is 153 cm³/mol. The van der Waals surface area contributed by atoms with E-state index in [0.29, 0.717) is 32.6 Å². The van der Waals surface area contributed by atoms with Crippen LogP contribution in [0.2, 0.25) is 0 Å². The molecule has 1 aliphatic heterocycles. The average molecular weight is 650 g/mol. The molecule has 12 heteroatoms. The Morgan fingerprint density at radius 2 is 1.48 bits per heavy atom. The second kappa shape index (κ2) is 11.4. The summed E-state index contributed by atoms with van der Waals surface area (Å²) in [6, 6.07) is 19.6. The van der Waals surface area contributed by atoms with Gasteiger partial charge in [0, 0.05) is 19.6 Å². The maximum absolute atomic E-state index is 14.3. The number of imide groups is 1. The van der Waals surface area contributed by atoms with Crippen LogP contribution in [-0.2, 0) is 19.2 Å². The van der Waals surface area contributed by atoms with Crippen molar-refractivity contribution in [3.05, 3.63) is 71.8 Å². The number of Topliss-reactive ketones (excluding diaryl/α,β-unsaturated/α-hetero) is 1. The van der Waals surface area contributed by atoms with E-state index >= 15 is 0 Å². The van der Waals surface area contributed by atoms with E-state index in [4.69, 9.17) is 15.6 Å². The number of nitrogens with one attached hydrogen (secondary N) is 1. The number of fused-ring (bicyclic) bond motifs is 5. The van der Waals surface area contributed by atoms with Gasteiger partial charge in [-0.05, 0) is 49.1 Å². The Bertz CT molecular complexity index is 1430. The Hall–Kier alpha value is -3.35. The lowest BCUT2D eigenvalue weighted by Crippen LogP contribution is -2.50. The van der Waals surface area contributed by atoms with Crippen LogP contribution in [-0.4, -0.2) is 70.3 Å². The topological polar surface area (TPSA) is 130 Å². The highest BCUT2D eigenvalue weighted by atomic mass is 79.9. The number of alkyl halides is 4. The molecule has 1 saturated carbocycles. The normalized spacial score (nSPS) is 28.2. The molecule has 2 aliphatic carbocycles. The highest BCUT2D eigenvalue weighted by Gasteiger charge is 2.85. The molecule has 0 aromatic heterocycles. The summed E-state index contributed by atoms with van der Waals surface area (Å²) >= 11 is 3.78. The first-order valence-electron chi connectivity index (χ1n) is 13.4. The maximum atomic E-state index is 14.3. The second-order valence-electron chi connectivity index (χ2n) is 10.8. The van der Waals surface area contributed by atoms with E-state index in [1.807, 2.05) is 74.5 Å². The molecule has 0 spiro atoms. The molecule has 2 bridgehead atoms. The number of ketones is 1. The number of likely N-dealkylation sites (tertiary alicyclic amines) is 1. The van der Waals surface area contributed by atoms with E-state index in [9.17, 15) is 27.6 Å². The minimum absolute atomic E-state index is 0.0736. The van der Waals surface area contributed by atoms with Gasteiger partial charge in [-0.15, -0.1) is 0 Å². The van der Waals surface area contributed by atoms with Crippen LogP contribution in [0.5, 0.6) is 0 Å². The number of rotatable bonds is 8. The number of carbonyl (C=O) groups excluding carboxylic acids is 3. The number of nitrogens with two attached hydrogens (primary N) is 1. The van der Waals surface area contributed by atoms with E-state index in [-0.39, 0.29) is 17.6 Å². The standard InChI is InChI=1S/C28H30BrN3O3.C2HF3O2/c1-26-20(18-10-5-3-6-11-18)21(19-12-7-4-8-13-19)27(2,24(26)34)28(29)22(26)23(33)32(25(28)35)17-9-15-31-16-14-30;3-2(4,5)1(6)7/h3-8,10-13,22,31H,9,14-17,30H2,1-2H3;(H,6,7). The number of carboxylic acids is 1. The van der Waals surface area contributed by atoms with Crippen molar-refractivity contribution >= 4 is 50.6 Å². The molecule has 3 aliphatic rings. The summed E-state index contributed by atoms with van der Waals surface area (Å²) in [6.45, 7) is 5.88. The fourth-order valence-electron chi connectivity index (χ4n) is 6.66. The van der Waals surface area contributed by atoms with E-state index in [1.165, 1.54) is 4.90 Å². The molecule has 8 nitrogen and oxygen atoms in total. The molecule has 1 heterocycles. The zero-order chi connectivity index (χ0) is 31.1. The quantitative estimate of drug-likeness (QED) is 0.225. The molecule has 2 amide bonds. The molecular weight excluding hydrogens is 619 g/mol. The molecule has 2 fully saturated rings. The molecule has 0 radical (unpaired) electrons. The van der Waals surface area contributed by atoms with Crippen molar-refractivity contribution in [2.24, 2.45) is 22.5 Å². The summed E-state index contributed by atoms with van der Waals surface area (Å²) < 4.78 is 30.4. The van der Waals surface area contributed by atoms with Crippen LogP contribution in [0.3, 0.4) is 0 Å². The fourth-order valence-corrected chi connectivity index (χ4v) is 7.91. The third kappa shape index (κ3) is 4.60. The van der Waals surface area contributed by atoms with Gasteiger partial charge in [-0.2, -0.15) is 13.2 Å². The van der Waals surface area contributed by atoms with Crippen molar-refractivity contribution < 1.29 is 37.5 Å². The van der Waals surface area contributed by atoms with Gasteiger partial charge in [-0.25, -0.2) is 4.79 Å². The van der Waals surface area contributed by atoms with Crippen LogP contribution in [0.15, 0.2) is 60.7 Å². The van der Waals surface area contributed by atoms with Crippen molar-refractivity contribution in [3.63, 3.8) is 0 Å². The van der Waals surface area contributed by atoms with Crippen molar-refractivity contribution in [2.45, 2.75) is 30.8 Å². The number of amides is 2. The van der Waals surface area contributed by atoms with E-state index in [0.717, 1.165) is 22.3 Å². The molecule has 42 heavy (non-hydrogen) atoms. The van der Waals surface area contributed by atoms with Crippen LogP contribution >= 0.6 is 15.9 Å². The largest absolute Gasteiger partial charge is 0.490 e. The lowest BCUT2D eigenvalue weighted by atomic mass is 9.63. The number of hydrogen-bond donors (Lipinski definition) is 3. The summed E-state index contributed by atoms with van der Waals surface area (Å²) in [7, 11) is 0. The molecule has 4 unspecified atom stereocenters. The number of carbonyl (C=O) groups is 4. The van der Waals surface area contributed by atoms with Gasteiger partial charge in [-0.3, -0.25) is 19.3 Å². The summed E-state index contributed by atoms with van der Waals surface area (Å²) in [5, 5.41) is 10.3. The monoisotopic (exact) mass is 649 g/mol. The molecule has 5 rings (SSSR count). The maximum Gasteiger partial charge on any atom is 0.490 e. The first-order chi connectivity index (χ1) is 19.7. The van der Waals surface area contributed by atoms with Gasteiger partial charge < -0.3 is 16.2 Å². The van der Waals surface area contributed by atoms with E-state index in [2.05, 4.69) is 21.2 Å². The van der Waals surface area contributed by atoms with Crippen LogP contribution in [0.4, 0.5) is 13.2 Å². The number of aliphatic carboxylic acids is 1. The second-order valence-corrected chi connectivity index (χ2v) is 12.0. The van der Waals surface area contributed by atoms with Crippen molar-refractivity contribution in [1.29, 1.82) is 0 Å². The van der Waals surface area contributed by atoms with Gasteiger partial charge in [0.2, 0.25) is 11.8 Å². The van der Waals surface area contributed by atoms with Crippen molar-refractivity contribution in [3.8, 4) is 0 Å². The molecule has 2 aromatic carbocycles. The summed E-state index contributed by atoms with van der Waals surface area (Å²) in [5.41, 5.74) is 6.69. The Morgan fingerprint density at radius 1 is 0.976 bits per heavy atom. The molecular formula is C30H31BrF3N3O5. The van der Waals surface area contributed by atoms with Gasteiger partial charge in [0.05, 0.1) is 16.7 Å². The molecule has 4 atom stereocenters. The van der Waals surface area contributed by atoms with Gasteiger partial charge in [0.25, 0.3) is 0 Å². The number of hydrogen-bond acceptors (Lipinski definition) is 6. The number of halogens is 4. The summed E-state index contributed by atoms with van der Waals surface area (Å²) in [4.78, 5) is 52.4. The molecule has 4 N–H and O–H groups in total. The van der Waals surface area contributed by atoms with E-state index < -0.39 is 33.2 Å². The number of nitrogens with zero attached hydrogens (tertiary/aromatic N) is 1. The Kier molecular flexibility index (Phi) is 8.56. The zero-order valence-electron chi connectivity index (χ0n) is 23.0. The highest BCUT2D eigenvalue weighted by Crippen LogP contribution is 2.77. The van der Waals surface area contributed by atoms with Crippen molar-refractivity contribution in [2.75, 3.05) is 26.2 Å². The summed E-state index contributed by atoms with van der Waals surface area (Å²) in [6.07, 6.45) is -4.46. The van der Waals surface area contributed by atoms with Crippen LogP contribution < -0.4 is 11.1 Å². The average Bonchev–Trinajstić information content (AvgIpc) is 3.33. The number of benzene rings is 2. The predicted octanol–water partition coefficient (Wildman–Crippen LogP) is 3.90. The Morgan fingerprint density at radius 3 is 1.95 bits per heavy atom. The highest BCUT2D eigenvalue weighted by molar-refractivity contribution is 9.10. The Labute approximate surface area is 249 Å². The smallest absolute Gasteiger partial charge is 0.475 e. The molecule has 2 aromatic rings. The third-order valence-corrected chi connectivity index (χ3v) is 9.98. The summed E-state index contributed by atoms with van der Waals surface area (Å²) in [5.74, 6) is -4.22. The SMILES string of the molecule is CC12C(=O)C(C)(C(c3ccccc3)=C1c1ccccc1)C1(Br)C(=O)N(CCCNCCN)C(=O)C21.O=C(O)C(F)(F)F. The number of carboxylic acid groups (broad SMARTS) is 1. The van der Waals surface area contributed by atoms with Crippen LogP contribution in [0.25, 0.3) is 11.1 Å². The minimum atomic E-state index is -5.08. The molecule has 224 valence electrons. The minimum Gasteiger partial charge on any atom is -0.475 e. The zero-order valence-corrected chi connectivity index (χ0v) is 24.6. The lowest BCUT2D eigenvalue weighted by molar-refractivity contribution is -0.192. The van der Waals surface area contributed by atoms with Gasteiger partial charge in [0.15, 0.2) is 5.78 Å². The Balaban J connectivity index is 0.000000517. The first-order valence-corrected chi connectivity index (χ1v) is 14.2. The van der Waals surface area contributed by atoms with Crippen LogP contribution in [0, 0.1) is 16.7 Å². The van der Waals surface area contributed by atoms with Gasteiger partial charge in [-0.1, -0.05) is 76.6 Å². The van der Waals surface area contributed by atoms with Gasteiger partial charge in [0.1, 0.15) is 4.32 Å². The first kappa shape index (κ1) is 31.6. The number of allylic oxidation sites excluding steroid dienone is 2. The van der Waals surface area contributed by atoms with E-state index in [1.54, 1.807) is 0 Å². The fraction of sp³-hybridized carbons (Fsp3) is 0.400. The van der Waals surface area contributed by atoms with Crippen molar-refractivity contribution in [1.82, 2.24) is 10.2 Å². The third-order valence-electron chi connectivity index (χ3n) is 8.39. The van der Waals surface area contributed by atoms with Crippen LogP contribution in [0.1, 0.15) is 31.4 Å². The lowest BCUT2D eigenvalue weighted by Gasteiger charge is -2.41. The molecule has 1 saturated heterocycles. The van der Waals surface area contributed by atoms with Gasteiger partial charge >= 0.3 is 12.1 Å².